The van der Waals surface area contributed by atoms with Crippen molar-refractivity contribution in [2.24, 2.45) is 17.6 Å². The molecule has 15 heavy (non-hydrogen) atoms. The summed E-state index contributed by atoms with van der Waals surface area (Å²) in [6.07, 6.45) is 5.32. The molecule has 2 heteroatoms. The Morgan fingerprint density at radius 3 is 2.67 bits per heavy atom. The second-order valence-corrected chi connectivity index (χ2v) is 5.72. The summed E-state index contributed by atoms with van der Waals surface area (Å²) in [4.78, 5) is 2.64. The Morgan fingerprint density at radius 2 is 2.07 bits per heavy atom. The van der Waals surface area contributed by atoms with Gasteiger partial charge in [0.25, 0.3) is 0 Å². The Balaban J connectivity index is 2.23. The van der Waals surface area contributed by atoms with Gasteiger partial charge in [-0.15, -0.1) is 0 Å². The zero-order valence-electron chi connectivity index (χ0n) is 10.7. The number of piperidine rings is 1. The molecule has 1 aliphatic rings. The summed E-state index contributed by atoms with van der Waals surface area (Å²) in [6, 6.07) is 0.380. The quantitative estimate of drug-likeness (QED) is 0.758. The summed E-state index contributed by atoms with van der Waals surface area (Å²) in [5.41, 5.74) is 5.81. The van der Waals surface area contributed by atoms with E-state index in [1.54, 1.807) is 0 Å². The van der Waals surface area contributed by atoms with Crippen LogP contribution in [0, 0.1) is 11.8 Å². The second kappa shape index (κ2) is 6.49. The highest BCUT2D eigenvalue weighted by atomic mass is 15.1. The van der Waals surface area contributed by atoms with Crippen molar-refractivity contribution in [3.05, 3.63) is 0 Å². The zero-order chi connectivity index (χ0) is 11.3. The topological polar surface area (TPSA) is 29.3 Å². The molecule has 1 rings (SSSR count). The van der Waals surface area contributed by atoms with Crippen LogP contribution in [0.25, 0.3) is 0 Å². The van der Waals surface area contributed by atoms with Crippen LogP contribution >= 0.6 is 0 Å². The fourth-order valence-electron chi connectivity index (χ4n) is 2.57. The SMILES string of the molecule is CC(C)CN1CCCC(CCC(C)N)C1. The van der Waals surface area contributed by atoms with Gasteiger partial charge in [-0.3, -0.25) is 0 Å². The van der Waals surface area contributed by atoms with Crippen molar-refractivity contribution in [1.29, 1.82) is 0 Å². The van der Waals surface area contributed by atoms with Gasteiger partial charge in [0.1, 0.15) is 0 Å². The molecule has 0 amide bonds. The molecule has 1 saturated heterocycles. The van der Waals surface area contributed by atoms with E-state index in [-0.39, 0.29) is 0 Å². The van der Waals surface area contributed by atoms with E-state index in [1.807, 2.05) is 0 Å². The van der Waals surface area contributed by atoms with Crippen molar-refractivity contribution < 1.29 is 0 Å². The third kappa shape index (κ3) is 5.53. The molecular formula is C13H28N2. The third-order valence-electron chi connectivity index (χ3n) is 3.26. The third-order valence-corrected chi connectivity index (χ3v) is 3.26. The molecule has 0 aliphatic carbocycles. The second-order valence-electron chi connectivity index (χ2n) is 5.72. The van der Waals surface area contributed by atoms with Crippen molar-refractivity contribution in [2.75, 3.05) is 19.6 Å². The molecule has 1 fully saturated rings. The van der Waals surface area contributed by atoms with Crippen LogP contribution in [0.2, 0.25) is 0 Å². The van der Waals surface area contributed by atoms with E-state index in [9.17, 15) is 0 Å². The fraction of sp³-hybridized carbons (Fsp3) is 1.00. The smallest absolute Gasteiger partial charge is 0.00105 e. The van der Waals surface area contributed by atoms with Crippen molar-refractivity contribution in [3.63, 3.8) is 0 Å². The largest absolute Gasteiger partial charge is 0.328 e. The molecule has 2 N–H and O–H groups in total. The molecule has 0 saturated carbocycles. The molecule has 90 valence electrons. The molecule has 2 nitrogen and oxygen atoms in total. The maximum atomic E-state index is 5.81. The molecule has 2 unspecified atom stereocenters. The van der Waals surface area contributed by atoms with Crippen LogP contribution in [0.4, 0.5) is 0 Å². The Morgan fingerprint density at radius 1 is 1.33 bits per heavy atom. The average Bonchev–Trinajstić information content (AvgIpc) is 2.14. The number of nitrogens with two attached hydrogens (primary N) is 1. The van der Waals surface area contributed by atoms with Crippen LogP contribution in [0.1, 0.15) is 46.5 Å². The van der Waals surface area contributed by atoms with Crippen molar-refractivity contribution in [3.8, 4) is 0 Å². The van der Waals surface area contributed by atoms with Crippen LogP contribution in [0.5, 0.6) is 0 Å². The van der Waals surface area contributed by atoms with Crippen LogP contribution in [-0.2, 0) is 0 Å². The maximum absolute atomic E-state index is 5.81. The van der Waals surface area contributed by atoms with E-state index >= 15 is 0 Å². The van der Waals surface area contributed by atoms with Crippen LogP contribution in [0.3, 0.4) is 0 Å². The standard InChI is InChI=1S/C13H28N2/c1-11(2)9-15-8-4-5-13(10-15)7-6-12(3)14/h11-13H,4-10,14H2,1-3H3. The Labute approximate surface area is 95.2 Å². The molecule has 1 aliphatic heterocycles. The van der Waals surface area contributed by atoms with E-state index in [2.05, 4.69) is 25.7 Å². The molecule has 0 aromatic heterocycles. The van der Waals surface area contributed by atoms with Gasteiger partial charge in [0.15, 0.2) is 0 Å². The molecule has 0 bridgehead atoms. The number of hydrogen-bond donors (Lipinski definition) is 1. The van der Waals surface area contributed by atoms with Crippen molar-refractivity contribution in [2.45, 2.75) is 52.5 Å². The van der Waals surface area contributed by atoms with Gasteiger partial charge in [-0.05, 0) is 51.0 Å². The lowest BCUT2D eigenvalue weighted by molar-refractivity contribution is 0.151. The van der Waals surface area contributed by atoms with Gasteiger partial charge in [-0.25, -0.2) is 0 Å². The van der Waals surface area contributed by atoms with Crippen LogP contribution < -0.4 is 5.73 Å². The zero-order valence-corrected chi connectivity index (χ0v) is 10.7. The minimum Gasteiger partial charge on any atom is -0.328 e. The van der Waals surface area contributed by atoms with Crippen molar-refractivity contribution >= 4 is 0 Å². The number of nitrogens with zero attached hydrogens (tertiary/aromatic N) is 1. The first-order valence-corrected chi connectivity index (χ1v) is 6.56. The van der Waals surface area contributed by atoms with Crippen LogP contribution in [0.15, 0.2) is 0 Å². The molecule has 0 radical (unpaired) electrons. The Bertz CT molecular complexity index is 166. The van der Waals surface area contributed by atoms with Crippen molar-refractivity contribution in [1.82, 2.24) is 4.90 Å². The van der Waals surface area contributed by atoms with Gasteiger partial charge < -0.3 is 10.6 Å². The predicted molar refractivity (Wildman–Crippen MR) is 66.9 cm³/mol. The molecule has 2 atom stereocenters. The van der Waals surface area contributed by atoms with Gasteiger partial charge >= 0.3 is 0 Å². The van der Waals surface area contributed by atoms with E-state index in [0.717, 1.165) is 11.8 Å². The van der Waals surface area contributed by atoms with E-state index in [1.165, 1.54) is 45.3 Å². The van der Waals surface area contributed by atoms with E-state index < -0.39 is 0 Å². The first-order chi connectivity index (χ1) is 7.08. The first kappa shape index (κ1) is 13.0. The van der Waals surface area contributed by atoms with E-state index in [0.29, 0.717) is 6.04 Å². The molecule has 0 aromatic carbocycles. The summed E-state index contributed by atoms with van der Waals surface area (Å²) >= 11 is 0. The normalized spacial score (nSPS) is 25.8. The minimum atomic E-state index is 0.380. The van der Waals surface area contributed by atoms with Gasteiger partial charge in [0.05, 0.1) is 0 Å². The highest BCUT2D eigenvalue weighted by Crippen LogP contribution is 2.21. The summed E-state index contributed by atoms with van der Waals surface area (Å²) in [5, 5.41) is 0. The highest BCUT2D eigenvalue weighted by Gasteiger charge is 2.20. The lowest BCUT2D eigenvalue weighted by Gasteiger charge is -2.34. The monoisotopic (exact) mass is 212 g/mol. The summed E-state index contributed by atoms with van der Waals surface area (Å²) in [7, 11) is 0. The molecule has 0 aromatic rings. The lowest BCUT2D eigenvalue weighted by Crippen LogP contribution is -2.38. The predicted octanol–water partition coefficient (Wildman–Crippen LogP) is 2.48. The maximum Gasteiger partial charge on any atom is 0.00105 e. The Kier molecular flexibility index (Phi) is 5.62. The number of likely N-dealkylation sites (tertiary alicyclic amines) is 1. The van der Waals surface area contributed by atoms with Gasteiger partial charge in [-0.1, -0.05) is 13.8 Å². The molecule has 0 spiro atoms. The van der Waals surface area contributed by atoms with Gasteiger partial charge in [-0.2, -0.15) is 0 Å². The molecular weight excluding hydrogens is 184 g/mol. The lowest BCUT2D eigenvalue weighted by atomic mass is 9.91. The fourth-order valence-corrected chi connectivity index (χ4v) is 2.57. The van der Waals surface area contributed by atoms with Gasteiger partial charge in [0, 0.05) is 19.1 Å². The minimum absolute atomic E-state index is 0.380. The summed E-state index contributed by atoms with van der Waals surface area (Å²) in [5.74, 6) is 1.71. The Hall–Kier alpha value is -0.0800. The van der Waals surface area contributed by atoms with Gasteiger partial charge in [0.2, 0.25) is 0 Å². The van der Waals surface area contributed by atoms with E-state index in [4.69, 9.17) is 5.73 Å². The average molecular weight is 212 g/mol. The number of hydrogen-bond acceptors (Lipinski definition) is 2. The number of rotatable bonds is 5. The van der Waals surface area contributed by atoms with Crippen LogP contribution in [-0.4, -0.2) is 30.6 Å². The summed E-state index contributed by atoms with van der Waals surface area (Å²) < 4.78 is 0. The summed E-state index contributed by atoms with van der Waals surface area (Å²) in [6.45, 7) is 10.6. The highest BCUT2D eigenvalue weighted by molar-refractivity contribution is 4.74. The first-order valence-electron chi connectivity index (χ1n) is 6.56. The molecule has 1 heterocycles.